The predicted octanol–water partition coefficient (Wildman–Crippen LogP) is 4.31. The second-order valence-corrected chi connectivity index (χ2v) is 6.37. The van der Waals surface area contributed by atoms with Crippen LogP contribution in [-0.2, 0) is 17.6 Å². The van der Waals surface area contributed by atoms with Crippen LogP contribution in [0.15, 0.2) is 48.0 Å². The normalized spacial score (nSPS) is 13.9. The Hall–Kier alpha value is -2.88. The number of para-hydroxylation sites is 1. The Balaban J connectivity index is 1.78. The van der Waals surface area contributed by atoms with E-state index in [1.54, 1.807) is 25.1 Å². The SMILES string of the molecule is CC(=Cc1ccc2c(c1)CCCC2)C(=O)Nc1ccccc1C(=O)O. The Bertz CT molecular complexity index is 852. The van der Waals surface area contributed by atoms with Crippen LogP contribution in [0.1, 0.15) is 46.8 Å². The van der Waals surface area contributed by atoms with E-state index in [0.717, 1.165) is 18.4 Å². The Labute approximate surface area is 147 Å². The molecule has 1 aliphatic rings. The van der Waals surface area contributed by atoms with Crippen molar-refractivity contribution in [2.24, 2.45) is 0 Å². The molecule has 0 fully saturated rings. The highest BCUT2D eigenvalue weighted by Crippen LogP contribution is 2.23. The van der Waals surface area contributed by atoms with Crippen molar-refractivity contribution in [3.05, 3.63) is 70.3 Å². The van der Waals surface area contributed by atoms with Crippen molar-refractivity contribution < 1.29 is 14.7 Å². The third-order valence-electron chi connectivity index (χ3n) is 4.52. The van der Waals surface area contributed by atoms with Gasteiger partial charge in [0, 0.05) is 5.57 Å². The van der Waals surface area contributed by atoms with Crippen molar-refractivity contribution in [2.45, 2.75) is 32.6 Å². The molecule has 0 atom stereocenters. The standard InChI is InChI=1S/C21H21NO3/c1-14(12-15-10-11-16-6-2-3-7-17(16)13-15)20(23)22-19-9-5-4-8-18(19)21(24)25/h4-5,8-13H,2-3,6-7H2,1H3,(H,22,23)(H,24,25). The predicted molar refractivity (Wildman–Crippen MR) is 98.8 cm³/mol. The smallest absolute Gasteiger partial charge is 0.337 e. The van der Waals surface area contributed by atoms with Gasteiger partial charge in [0.05, 0.1) is 11.3 Å². The number of fused-ring (bicyclic) bond motifs is 1. The van der Waals surface area contributed by atoms with Gasteiger partial charge < -0.3 is 10.4 Å². The van der Waals surface area contributed by atoms with Crippen LogP contribution in [0.5, 0.6) is 0 Å². The summed E-state index contributed by atoms with van der Waals surface area (Å²) in [5, 5.41) is 11.9. The topological polar surface area (TPSA) is 66.4 Å². The number of hydrogen-bond donors (Lipinski definition) is 2. The summed E-state index contributed by atoms with van der Waals surface area (Å²) in [5.41, 5.74) is 4.69. The minimum absolute atomic E-state index is 0.0810. The molecule has 25 heavy (non-hydrogen) atoms. The van der Waals surface area contributed by atoms with Crippen molar-refractivity contribution in [1.29, 1.82) is 0 Å². The summed E-state index contributed by atoms with van der Waals surface area (Å²) in [7, 11) is 0. The molecule has 0 radical (unpaired) electrons. The molecule has 0 saturated carbocycles. The zero-order valence-electron chi connectivity index (χ0n) is 14.2. The number of hydrogen-bond acceptors (Lipinski definition) is 2. The molecular formula is C21H21NO3. The number of benzene rings is 2. The number of rotatable bonds is 4. The molecule has 0 aromatic heterocycles. The van der Waals surface area contributed by atoms with Crippen LogP contribution in [0.25, 0.3) is 6.08 Å². The molecule has 0 aliphatic heterocycles. The molecule has 1 aliphatic carbocycles. The largest absolute Gasteiger partial charge is 0.478 e. The van der Waals surface area contributed by atoms with Gasteiger partial charge in [0.15, 0.2) is 0 Å². The number of amides is 1. The number of carbonyl (C=O) groups excluding carboxylic acids is 1. The molecule has 4 nitrogen and oxygen atoms in total. The molecule has 0 heterocycles. The average Bonchev–Trinajstić information content (AvgIpc) is 2.61. The molecular weight excluding hydrogens is 314 g/mol. The lowest BCUT2D eigenvalue weighted by molar-refractivity contribution is -0.112. The van der Waals surface area contributed by atoms with E-state index >= 15 is 0 Å². The molecule has 2 N–H and O–H groups in total. The quantitative estimate of drug-likeness (QED) is 0.818. The van der Waals surface area contributed by atoms with Gasteiger partial charge in [0.2, 0.25) is 0 Å². The lowest BCUT2D eigenvalue weighted by Gasteiger charge is -2.16. The molecule has 0 bridgehead atoms. The van der Waals surface area contributed by atoms with Gasteiger partial charge in [-0.15, -0.1) is 0 Å². The summed E-state index contributed by atoms with van der Waals surface area (Å²) < 4.78 is 0. The fourth-order valence-electron chi connectivity index (χ4n) is 3.16. The Morgan fingerprint density at radius 3 is 2.52 bits per heavy atom. The van der Waals surface area contributed by atoms with Gasteiger partial charge in [-0.1, -0.05) is 30.3 Å². The minimum Gasteiger partial charge on any atom is -0.478 e. The van der Waals surface area contributed by atoms with Crippen molar-refractivity contribution in [3.63, 3.8) is 0 Å². The summed E-state index contributed by atoms with van der Waals surface area (Å²) in [6, 6.07) is 12.7. The lowest BCUT2D eigenvalue weighted by Crippen LogP contribution is -2.15. The van der Waals surface area contributed by atoms with E-state index in [2.05, 4.69) is 17.4 Å². The van der Waals surface area contributed by atoms with E-state index in [-0.39, 0.29) is 11.5 Å². The van der Waals surface area contributed by atoms with Crippen molar-refractivity contribution in [2.75, 3.05) is 5.32 Å². The maximum atomic E-state index is 12.4. The van der Waals surface area contributed by atoms with Gasteiger partial charge >= 0.3 is 5.97 Å². The molecule has 4 heteroatoms. The highest BCUT2D eigenvalue weighted by Gasteiger charge is 2.13. The van der Waals surface area contributed by atoms with Gasteiger partial charge in [-0.3, -0.25) is 4.79 Å². The molecule has 1 amide bonds. The van der Waals surface area contributed by atoms with Crippen LogP contribution >= 0.6 is 0 Å². The second kappa shape index (κ2) is 7.34. The van der Waals surface area contributed by atoms with Crippen LogP contribution in [0.2, 0.25) is 0 Å². The Kier molecular flexibility index (Phi) is 4.98. The highest BCUT2D eigenvalue weighted by molar-refractivity contribution is 6.09. The first kappa shape index (κ1) is 17.0. The number of aryl methyl sites for hydroxylation is 2. The zero-order chi connectivity index (χ0) is 17.8. The van der Waals surface area contributed by atoms with E-state index in [1.807, 2.05) is 12.1 Å². The Morgan fingerprint density at radius 1 is 1.04 bits per heavy atom. The fraction of sp³-hybridized carbons (Fsp3) is 0.238. The van der Waals surface area contributed by atoms with E-state index < -0.39 is 5.97 Å². The number of nitrogens with one attached hydrogen (secondary N) is 1. The third kappa shape index (κ3) is 3.97. The maximum Gasteiger partial charge on any atom is 0.337 e. The van der Waals surface area contributed by atoms with E-state index in [4.69, 9.17) is 0 Å². The van der Waals surface area contributed by atoms with Crippen molar-refractivity contribution in [1.82, 2.24) is 0 Å². The maximum absolute atomic E-state index is 12.4. The molecule has 128 valence electrons. The van der Waals surface area contributed by atoms with Gasteiger partial charge in [0.25, 0.3) is 5.91 Å². The minimum atomic E-state index is -1.06. The summed E-state index contributed by atoms with van der Waals surface area (Å²) in [5.74, 6) is -1.36. The summed E-state index contributed by atoms with van der Waals surface area (Å²) in [6.45, 7) is 1.73. The summed E-state index contributed by atoms with van der Waals surface area (Å²) in [6.07, 6.45) is 6.52. The number of aromatic carboxylic acids is 1. The zero-order valence-corrected chi connectivity index (χ0v) is 14.2. The number of carbonyl (C=O) groups is 2. The Morgan fingerprint density at radius 2 is 1.76 bits per heavy atom. The van der Waals surface area contributed by atoms with Crippen LogP contribution in [-0.4, -0.2) is 17.0 Å². The average molecular weight is 335 g/mol. The van der Waals surface area contributed by atoms with Crippen LogP contribution in [0.4, 0.5) is 5.69 Å². The van der Waals surface area contributed by atoms with Gasteiger partial charge in [-0.2, -0.15) is 0 Å². The molecule has 0 spiro atoms. The summed E-state index contributed by atoms with van der Waals surface area (Å²) >= 11 is 0. The monoisotopic (exact) mass is 335 g/mol. The number of carboxylic acids is 1. The lowest BCUT2D eigenvalue weighted by atomic mass is 9.90. The second-order valence-electron chi connectivity index (χ2n) is 6.37. The fourth-order valence-corrected chi connectivity index (χ4v) is 3.16. The number of carboxylic acid groups (broad SMARTS) is 1. The van der Waals surface area contributed by atoms with E-state index in [0.29, 0.717) is 11.3 Å². The molecule has 2 aromatic rings. The highest BCUT2D eigenvalue weighted by atomic mass is 16.4. The first-order valence-corrected chi connectivity index (χ1v) is 8.48. The molecule has 2 aromatic carbocycles. The van der Waals surface area contributed by atoms with Gasteiger partial charge in [-0.05, 0) is 67.5 Å². The van der Waals surface area contributed by atoms with Crippen molar-refractivity contribution in [3.8, 4) is 0 Å². The first-order valence-electron chi connectivity index (χ1n) is 8.48. The van der Waals surface area contributed by atoms with Crippen molar-refractivity contribution >= 4 is 23.6 Å². The van der Waals surface area contributed by atoms with Crippen LogP contribution in [0, 0.1) is 0 Å². The van der Waals surface area contributed by atoms with Gasteiger partial charge in [-0.25, -0.2) is 4.79 Å². The first-order chi connectivity index (χ1) is 12.0. The molecule has 3 rings (SSSR count). The van der Waals surface area contributed by atoms with Gasteiger partial charge in [0.1, 0.15) is 0 Å². The van der Waals surface area contributed by atoms with Crippen LogP contribution in [0.3, 0.4) is 0 Å². The van der Waals surface area contributed by atoms with E-state index in [9.17, 15) is 14.7 Å². The van der Waals surface area contributed by atoms with Crippen LogP contribution < -0.4 is 5.32 Å². The third-order valence-corrected chi connectivity index (χ3v) is 4.52. The molecule has 0 unspecified atom stereocenters. The summed E-state index contributed by atoms with van der Waals surface area (Å²) in [4.78, 5) is 23.6. The number of anilines is 1. The molecule has 0 saturated heterocycles. The van der Waals surface area contributed by atoms with E-state index in [1.165, 1.54) is 30.0 Å².